The van der Waals surface area contributed by atoms with E-state index in [4.69, 9.17) is 24.7 Å². The highest BCUT2D eigenvalue weighted by atomic mass is 16.6. The smallest absolute Gasteiger partial charge is 0.407 e. The zero-order chi connectivity index (χ0) is 24.8. The topological polar surface area (TPSA) is 128 Å². The molecule has 34 heavy (non-hydrogen) atoms. The van der Waals surface area contributed by atoms with E-state index in [1.165, 1.54) is 5.57 Å². The fraction of sp³-hybridized carbons (Fsp3) is 0.840. The Morgan fingerprint density at radius 2 is 1.94 bits per heavy atom. The Hall–Kier alpha value is -1.68. The molecule has 2 heterocycles. The number of hydrogen-bond donors (Lipinski definition) is 3. The fourth-order valence-corrected chi connectivity index (χ4v) is 5.33. The Kier molecular flexibility index (Phi) is 9.37. The normalized spacial score (nSPS) is 33.8. The Labute approximate surface area is 203 Å². The van der Waals surface area contributed by atoms with E-state index < -0.39 is 6.09 Å². The van der Waals surface area contributed by atoms with E-state index >= 15 is 0 Å². The summed E-state index contributed by atoms with van der Waals surface area (Å²) in [5.74, 6) is 0.0293. The molecule has 1 saturated carbocycles. The maximum absolute atomic E-state index is 12.5. The second-order valence-electron chi connectivity index (χ2n) is 10.2. The molecule has 1 aliphatic carbocycles. The summed E-state index contributed by atoms with van der Waals surface area (Å²) >= 11 is 0. The van der Waals surface area contributed by atoms with Crippen molar-refractivity contribution in [1.29, 1.82) is 0 Å². The van der Waals surface area contributed by atoms with Crippen molar-refractivity contribution in [2.45, 2.75) is 95.2 Å². The number of ether oxygens (including phenoxy) is 4. The molecular weight excluding hydrogens is 438 g/mol. The van der Waals surface area contributed by atoms with Crippen molar-refractivity contribution >= 4 is 12.0 Å². The Morgan fingerprint density at radius 3 is 2.59 bits per heavy atom. The molecule has 0 radical (unpaired) electrons. The Bertz CT molecular complexity index is 736. The maximum atomic E-state index is 12.5. The quantitative estimate of drug-likeness (QED) is 0.209. The number of epoxide rings is 2. The third-order valence-electron chi connectivity index (χ3n) is 7.31. The third-order valence-corrected chi connectivity index (χ3v) is 7.31. The highest BCUT2D eigenvalue weighted by Crippen LogP contribution is 2.59. The number of allylic oxidation sites excluding steroid dienone is 1. The first-order valence-corrected chi connectivity index (χ1v) is 12.6. The number of unbranched alkanes of at least 4 members (excludes halogenated alkanes) is 2. The van der Waals surface area contributed by atoms with Crippen LogP contribution >= 0.6 is 0 Å². The largest absolute Gasteiger partial charge is 0.443 e. The molecule has 2 aliphatic heterocycles. The summed E-state index contributed by atoms with van der Waals surface area (Å²) in [7, 11) is 1.67. The maximum Gasteiger partial charge on any atom is 0.407 e. The number of rotatable bonds is 13. The van der Waals surface area contributed by atoms with E-state index in [9.17, 15) is 9.59 Å². The SMILES string of the molecule is COC1C(OC(=O)NCCCCCC(=O)NCCN)CC[C@]2(CO2)C1[C@@]1(C)O[C@@H]1CC=C(C)C. The average molecular weight is 482 g/mol. The molecular formula is C25H43N3O6. The van der Waals surface area contributed by atoms with Crippen LogP contribution < -0.4 is 16.4 Å². The van der Waals surface area contributed by atoms with Crippen molar-refractivity contribution in [3.63, 3.8) is 0 Å². The lowest BCUT2D eigenvalue weighted by atomic mass is 9.68. The van der Waals surface area contributed by atoms with E-state index in [2.05, 4.69) is 37.5 Å². The molecule has 9 nitrogen and oxygen atoms in total. The lowest BCUT2D eigenvalue weighted by molar-refractivity contribution is -0.121. The van der Waals surface area contributed by atoms with Gasteiger partial charge in [0.05, 0.1) is 18.6 Å². The monoisotopic (exact) mass is 481 g/mol. The van der Waals surface area contributed by atoms with Gasteiger partial charge in [0.25, 0.3) is 0 Å². The molecule has 2 saturated heterocycles. The van der Waals surface area contributed by atoms with E-state index in [-0.39, 0.29) is 41.3 Å². The van der Waals surface area contributed by atoms with Crippen LogP contribution in [0.1, 0.15) is 65.7 Å². The van der Waals surface area contributed by atoms with Crippen molar-refractivity contribution in [3.05, 3.63) is 11.6 Å². The summed E-state index contributed by atoms with van der Waals surface area (Å²) in [5.41, 5.74) is 6.06. The van der Waals surface area contributed by atoms with Crippen LogP contribution in [-0.4, -0.2) is 74.9 Å². The van der Waals surface area contributed by atoms with Gasteiger partial charge >= 0.3 is 6.09 Å². The summed E-state index contributed by atoms with van der Waals surface area (Å²) in [6.45, 7) is 8.48. The lowest BCUT2D eigenvalue weighted by Crippen LogP contribution is -2.56. The number of carbonyl (C=O) groups excluding carboxylic acids is 2. The van der Waals surface area contributed by atoms with Gasteiger partial charge in [-0.25, -0.2) is 4.79 Å². The minimum absolute atomic E-state index is 0.0116. The predicted octanol–water partition coefficient (Wildman–Crippen LogP) is 2.42. The molecule has 194 valence electrons. The number of methoxy groups -OCH3 is 1. The Morgan fingerprint density at radius 1 is 1.18 bits per heavy atom. The van der Waals surface area contributed by atoms with Gasteiger partial charge in [-0.05, 0) is 52.9 Å². The summed E-state index contributed by atoms with van der Waals surface area (Å²) in [4.78, 5) is 24.1. The molecule has 0 aromatic carbocycles. The zero-order valence-corrected chi connectivity index (χ0v) is 21.2. The van der Waals surface area contributed by atoms with Crippen LogP contribution in [0.15, 0.2) is 11.6 Å². The van der Waals surface area contributed by atoms with Crippen LogP contribution in [0.25, 0.3) is 0 Å². The van der Waals surface area contributed by atoms with Gasteiger partial charge in [0.15, 0.2) is 0 Å². The van der Waals surface area contributed by atoms with Gasteiger partial charge in [0.2, 0.25) is 5.91 Å². The first kappa shape index (κ1) is 26.9. The molecule has 9 heteroatoms. The molecule has 3 aliphatic rings. The first-order valence-electron chi connectivity index (χ1n) is 12.6. The van der Waals surface area contributed by atoms with Crippen LogP contribution in [0.2, 0.25) is 0 Å². The van der Waals surface area contributed by atoms with E-state index in [1.807, 2.05) is 0 Å². The molecule has 3 rings (SSSR count). The summed E-state index contributed by atoms with van der Waals surface area (Å²) in [5, 5.41) is 5.59. The summed E-state index contributed by atoms with van der Waals surface area (Å²) < 4.78 is 23.9. The Balaban J connectivity index is 1.44. The van der Waals surface area contributed by atoms with Gasteiger partial charge in [-0.2, -0.15) is 0 Å². The molecule has 1 spiro atoms. The van der Waals surface area contributed by atoms with E-state index in [0.29, 0.717) is 39.1 Å². The fourth-order valence-electron chi connectivity index (χ4n) is 5.33. The number of hydrogen-bond acceptors (Lipinski definition) is 7. The second kappa shape index (κ2) is 11.8. The number of amides is 2. The highest BCUT2D eigenvalue weighted by molar-refractivity contribution is 5.75. The molecule has 4 N–H and O–H groups in total. The van der Waals surface area contributed by atoms with Crippen LogP contribution in [-0.2, 0) is 23.7 Å². The molecule has 3 fully saturated rings. The van der Waals surface area contributed by atoms with Crippen LogP contribution in [0.4, 0.5) is 4.79 Å². The van der Waals surface area contributed by atoms with Crippen LogP contribution in [0, 0.1) is 5.92 Å². The average Bonchev–Trinajstić information content (AvgIpc) is 3.71. The van der Waals surface area contributed by atoms with Crippen molar-refractivity contribution in [2.24, 2.45) is 11.7 Å². The minimum atomic E-state index is -0.429. The van der Waals surface area contributed by atoms with Crippen molar-refractivity contribution in [3.8, 4) is 0 Å². The summed E-state index contributed by atoms with van der Waals surface area (Å²) in [6.07, 6.45) is 6.55. The molecule has 6 atom stereocenters. The van der Waals surface area contributed by atoms with Gasteiger partial charge < -0.3 is 35.3 Å². The number of nitrogens with one attached hydrogen (secondary N) is 2. The standard InChI is InChI=1S/C25H43N3O6/c1-17(2)9-10-19-24(3,34-19)22-21(31-4)18(11-12-25(22)16-32-25)33-23(30)28-14-7-5-6-8-20(29)27-15-13-26/h9,18-19,21-22H,5-8,10-16,26H2,1-4H3,(H,27,29)(H,28,30)/t18?,19-,21?,22?,24+,25+/m1/s1. The van der Waals surface area contributed by atoms with Crippen LogP contribution in [0.5, 0.6) is 0 Å². The van der Waals surface area contributed by atoms with Crippen LogP contribution in [0.3, 0.4) is 0 Å². The van der Waals surface area contributed by atoms with Gasteiger partial charge in [0, 0.05) is 33.2 Å². The highest BCUT2D eigenvalue weighted by Gasteiger charge is 2.72. The van der Waals surface area contributed by atoms with Crippen molar-refractivity contribution in [2.75, 3.05) is 33.4 Å². The number of nitrogens with two attached hydrogens (primary N) is 1. The molecule has 2 amide bonds. The molecule has 0 bridgehead atoms. The zero-order valence-electron chi connectivity index (χ0n) is 21.2. The number of carbonyl (C=O) groups is 2. The van der Waals surface area contributed by atoms with E-state index in [0.717, 1.165) is 32.1 Å². The predicted molar refractivity (Wildman–Crippen MR) is 128 cm³/mol. The lowest BCUT2D eigenvalue weighted by Gasteiger charge is -2.42. The molecule has 3 unspecified atom stereocenters. The third kappa shape index (κ3) is 6.71. The molecule has 0 aromatic heterocycles. The van der Waals surface area contributed by atoms with Gasteiger partial charge in [-0.15, -0.1) is 0 Å². The van der Waals surface area contributed by atoms with Gasteiger partial charge in [-0.1, -0.05) is 18.1 Å². The van der Waals surface area contributed by atoms with Gasteiger partial charge in [0.1, 0.15) is 23.4 Å². The molecule has 0 aromatic rings. The van der Waals surface area contributed by atoms with E-state index in [1.54, 1.807) is 7.11 Å². The van der Waals surface area contributed by atoms with Crippen molar-refractivity contribution in [1.82, 2.24) is 10.6 Å². The number of alkyl carbamates (subject to hydrolysis) is 1. The minimum Gasteiger partial charge on any atom is -0.443 e. The first-order chi connectivity index (χ1) is 16.3. The van der Waals surface area contributed by atoms with Gasteiger partial charge in [-0.3, -0.25) is 4.79 Å². The second-order valence-corrected chi connectivity index (χ2v) is 10.2. The van der Waals surface area contributed by atoms with Crippen molar-refractivity contribution < 1.29 is 28.5 Å². The summed E-state index contributed by atoms with van der Waals surface area (Å²) in [6, 6.07) is 0.